The molecule has 0 unspecified atom stereocenters. The van der Waals surface area contributed by atoms with Crippen LogP contribution in [-0.4, -0.2) is 47.0 Å². The van der Waals surface area contributed by atoms with Crippen LogP contribution in [0.1, 0.15) is 42.1 Å². The highest BCUT2D eigenvalue weighted by Crippen LogP contribution is 2.30. The minimum atomic E-state index is -1.18. The summed E-state index contributed by atoms with van der Waals surface area (Å²) >= 11 is 0. The molecule has 4 amide bonds. The number of barbiturate groups is 1. The lowest BCUT2D eigenvalue weighted by Crippen LogP contribution is -2.54. The average Bonchev–Trinajstić information content (AvgIpc) is 3.23. The van der Waals surface area contributed by atoms with Crippen molar-refractivity contribution in [2.75, 3.05) is 13.2 Å². The van der Waals surface area contributed by atoms with Gasteiger partial charge in [0.25, 0.3) is 11.8 Å². The number of carbonyl (C=O) groups excluding carboxylic acids is 3. The average molecular weight is 442 g/mol. The van der Waals surface area contributed by atoms with E-state index in [2.05, 4.69) is 5.32 Å². The van der Waals surface area contributed by atoms with Gasteiger partial charge in [0.1, 0.15) is 17.9 Å². The summed E-state index contributed by atoms with van der Waals surface area (Å²) in [4.78, 5) is 48.6. The van der Waals surface area contributed by atoms with Crippen LogP contribution < -0.4 is 14.8 Å². The minimum absolute atomic E-state index is 0.0250. The minimum Gasteiger partial charge on any atom is -0.490 e. The van der Waals surface area contributed by atoms with Gasteiger partial charge in [-0.1, -0.05) is 13.0 Å². The number of hydrogen-bond donors (Lipinski definition) is 2. The van der Waals surface area contributed by atoms with Crippen LogP contribution in [-0.2, 0) is 16.2 Å². The summed E-state index contributed by atoms with van der Waals surface area (Å²) in [5, 5.41) is 11.1. The summed E-state index contributed by atoms with van der Waals surface area (Å²) in [6.45, 7) is 4.11. The third kappa shape index (κ3) is 4.97. The van der Waals surface area contributed by atoms with Gasteiger partial charge >= 0.3 is 12.0 Å². The fraction of sp³-hybridized carbons (Fsp3) is 0.273. The number of rotatable bonds is 9. The van der Waals surface area contributed by atoms with Crippen molar-refractivity contribution in [3.05, 3.63) is 53.0 Å². The maximum atomic E-state index is 12.6. The first-order valence-corrected chi connectivity index (χ1v) is 9.94. The van der Waals surface area contributed by atoms with E-state index in [1.54, 1.807) is 25.1 Å². The predicted octanol–water partition coefficient (Wildman–Crippen LogP) is 2.83. The summed E-state index contributed by atoms with van der Waals surface area (Å²) in [6.07, 6.45) is 1.94. The van der Waals surface area contributed by atoms with Gasteiger partial charge in [-0.25, -0.2) is 9.59 Å². The molecule has 2 aromatic rings. The Kier molecular flexibility index (Phi) is 6.93. The summed E-state index contributed by atoms with van der Waals surface area (Å²) in [5.41, 5.74) is 0.335. The van der Waals surface area contributed by atoms with Gasteiger partial charge in [0.05, 0.1) is 6.61 Å². The van der Waals surface area contributed by atoms with E-state index in [1.165, 1.54) is 18.2 Å². The molecule has 0 aliphatic carbocycles. The lowest BCUT2D eigenvalue weighted by molar-refractivity contribution is -0.130. The number of nitrogens with one attached hydrogen (secondary N) is 1. The first-order valence-electron chi connectivity index (χ1n) is 9.94. The monoisotopic (exact) mass is 442 g/mol. The lowest BCUT2D eigenvalue weighted by atomic mass is 10.1. The number of carbonyl (C=O) groups is 4. The van der Waals surface area contributed by atoms with Crippen molar-refractivity contribution in [2.24, 2.45) is 0 Å². The van der Waals surface area contributed by atoms with Gasteiger partial charge in [0, 0.05) is 6.54 Å². The van der Waals surface area contributed by atoms with Crippen LogP contribution in [0.3, 0.4) is 0 Å². The second-order valence-electron chi connectivity index (χ2n) is 6.77. The Hall–Kier alpha value is -4.08. The molecule has 10 heteroatoms. The summed E-state index contributed by atoms with van der Waals surface area (Å²) in [5.74, 6) is -1.75. The van der Waals surface area contributed by atoms with Gasteiger partial charge in [-0.15, -0.1) is 0 Å². The van der Waals surface area contributed by atoms with E-state index < -0.39 is 23.8 Å². The Morgan fingerprint density at radius 2 is 1.91 bits per heavy atom. The molecular formula is C22H22N2O8. The first kappa shape index (κ1) is 22.6. The smallest absolute Gasteiger partial charge is 0.371 e. The zero-order chi connectivity index (χ0) is 23.3. The molecule has 2 heterocycles. The molecule has 0 radical (unpaired) electrons. The van der Waals surface area contributed by atoms with Crippen molar-refractivity contribution in [3.63, 3.8) is 0 Å². The van der Waals surface area contributed by atoms with Crippen molar-refractivity contribution in [1.29, 1.82) is 0 Å². The molecule has 32 heavy (non-hydrogen) atoms. The standard InChI is InChI=1S/C22H22N2O8/c1-3-9-24-20(26)15(19(25)23-22(24)29)10-13-5-7-16(18(11-13)30-4-2)31-12-14-6-8-17(32-14)21(27)28/h5-8,10-11H,3-4,9,12H2,1-2H3,(H,27,28)(H,23,25,29)/b15-10-. The van der Waals surface area contributed by atoms with Crippen LogP contribution in [0.2, 0.25) is 0 Å². The van der Waals surface area contributed by atoms with E-state index in [0.717, 1.165) is 4.90 Å². The Morgan fingerprint density at radius 1 is 1.12 bits per heavy atom. The SMILES string of the molecule is CCCN1C(=O)NC(=O)/C(=C/c2ccc(OCc3ccc(C(=O)O)o3)c(OCC)c2)C1=O. The summed E-state index contributed by atoms with van der Waals surface area (Å²) in [7, 11) is 0. The van der Waals surface area contributed by atoms with E-state index in [-0.39, 0.29) is 24.5 Å². The number of hydrogen-bond acceptors (Lipinski definition) is 7. The molecule has 1 fully saturated rings. The van der Waals surface area contributed by atoms with Gasteiger partial charge in [-0.3, -0.25) is 19.8 Å². The van der Waals surface area contributed by atoms with Crippen LogP contribution >= 0.6 is 0 Å². The lowest BCUT2D eigenvalue weighted by Gasteiger charge is -2.25. The molecule has 0 bridgehead atoms. The molecule has 1 aliphatic heterocycles. The fourth-order valence-corrected chi connectivity index (χ4v) is 3.01. The van der Waals surface area contributed by atoms with E-state index in [1.807, 2.05) is 6.92 Å². The van der Waals surface area contributed by atoms with Crippen LogP contribution in [0, 0.1) is 0 Å². The Balaban J connectivity index is 1.82. The number of carboxylic acid groups (broad SMARTS) is 1. The number of aromatic carboxylic acids is 1. The van der Waals surface area contributed by atoms with Crippen LogP contribution in [0.4, 0.5) is 4.79 Å². The van der Waals surface area contributed by atoms with Crippen LogP contribution in [0.5, 0.6) is 11.5 Å². The van der Waals surface area contributed by atoms with E-state index in [4.69, 9.17) is 19.0 Å². The molecule has 0 atom stereocenters. The summed E-state index contributed by atoms with van der Waals surface area (Å²) < 4.78 is 16.5. The molecule has 2 N–H and O–H groups in total. The van der Waals surface area contributed by atoms with Crippen molar-refractivity contribution < 1.29 is 38.2 Å². The second-order valence-corrected chi connectivity index (χ2v) is 6.77. The number of furan rings is 1. The predicted molar refractivity (Wildman–Crippen MR) is 111 cm³/mol. The van der Waals surface area contributed by atoms with E-state index >= 15 is 0 Å². The number of carboxylic acids is 1. The number of urea groups is 1. The van der Waals surface area contributed by atoms with Crippen LogP contribution in [0.25, 0.3) is 6.08 Å². The topological polar surface area (TPSA) is 135 Å². The van der Waals surface area contributed by atoms with Gasteiger partial charge in [0.2, 0.25) is 5.76 Å². The van der Waals surface area contributed by atoms with Crippen molar-refractivity contribution >= 4 is 29.9 Å². The molecule has 0 spiro atoms. The zero-order valence-corrected chi connectivity index (χ0v) is 17.5. The molecule has 1 aromatic carbocycles. The Bertz CT molecular complexity index is 1090. The molecule has 1 aliphatic rings. The highest BCUT2D eigenvalue weighted by Gasteiger charge is 2.35. The number of amides is 4. The number of benzene rings is 1. The molecule has 3 rings (SSSR count). The summed E-state index contributed by atoms with van der Waals surface area (Å²) in [6, 6.07) is 6.91. The second kappa shape index (κ2) is 9.82. The zero-order valence-electron chi connectivity index (χ0n) is 17.5. The Labute approximate surface area is 183 Å². The molecule has 1 saturated heterocycles. The van der Waals surface area contributed by atoms with Gasteiger partial charge < -0.3 is 19.0 Å². The van der Waals surface area contributed by atoms with Crippen molar-refractivity contribution in [1.82, 2.24) is 10.2 Å². The van der Waals surface area contributed by atoms with Crippen molar-refractivity contribution in [2.45, 2.75) is 26.9 Å². The third-order valence-corrected chi connectivity index (χ3v) is 4.45. The van der Waals surface area contributed by atoms with Crippen molar-refractivity contribution in [3.8, 4) is 11.5 Å². The molecule has 168 valence electrons. The third-order valence-electron chi connectivity index (χ3n) is 4.45. The van der Waals surface area contributed by atoms with Gasteiger partial charge in [-0.2, -0.15) is 0 Å². The van der Waals surface area contributed by atoms with Crippen LogP contribution in [0.15, 0.2) is 40.3 Å². The van der Waals surface area contributed by atoms with Gasteiger partial charge in [-0.05, 0) is 49.2 Å². The molecular weight excluding hydrogens is 420 g/mol. The van der Waals surface area contributed by atoms with E-state index in [0.29, 0.717) is 35.9 Å². The molecule has 0 saturated carbocycles. The highest BCUT2D eigenvalue weighted by atomic mass is 16.5. The molecule has 10 nitrogen and oxygen atoms in total. The maximum Gasteiger partial charge on any atom is 0.371 e. The fourth-order valence-electron chi connectivity index (χ4n) is 3.01. The van der Waals surface area contributed by atoms with E-state index in [9.17, 15) is 19.2 Å². The first-order chi connectivity index (χ1) is 15.3. The number of imide groups is 2. The maximum absolute atomic E-state index is 12.6. The molecule has 1 aromatic heterocycles. The quantitative estimate of drug-likeness (QED) is 0.447. The largest absolute Gasteiger partial charge is 0.490 e. The van der Waals surface area contributed by atoms with Gasteiger partial charge in [0.15, 0.2) is 11.5 Å². The number of ether oxygens (including phenoxy) is 2. The highest BCUT2D eigenvalue weighted by molar-refractivity contribution is 6.31. The normalized spacial score (nSPS) is 15.1. The number of nitrogens with zero attached hydrogens (tertiary/aromatic N) is 1. The Morgan fingerprint density at radius 3 is 2.56 bits per heavy atom.